The minimum Gasteiger partial charge on any atom is -0.342 e. The highest BCUT2D eigenvalue weighted by molar-refractivity contribution is 6.31. The van der Waals surface area contributed by atoms with Gasteiger partial charge >= 0.3 is 0 Å². The second kappa shape index (κ2) is 5.06. The van der Waals surface area contributed by atoms with Crippen molar-refractivity contribution in [1.29, 1.82) is 0 Å². The largest absolute Gasteiger partial charge is 0.342 e. The van der Waals surface area contributed by atoms with Gasteiger partial charge in [-0.25, -0.2) is 4.98 Å². The zero-order valence-corrected chi connectivity index (χ0v) is 11.5. The first-order chi connectivity index (χ1) is 9.20. The van der Waals surface area contributed by atoms with Gasteiger partial charge in [0.15, 0.2) is 0 Å². The van der Waals surface area contributed by atoms with E-state index in [4.69, 9.17) is 11.6 Å². The zero-order valence-electron chi connectivity index (χ0n) is 10.8. The quantitative estimate of drug-likeness (QED) is 0.755. The van der Waals surface area contributed by atoms with Crippen LogP contribution in [0, 0.1) is 6.92 Å². The smallest absolute Gasteiger partial charge is 0.107 e. The van der Waals surface area contributed by atoms with Gasteiger partial charge in [-0.15, -0.1) is 0 Å². The fraction of sp³-hybridized carbons (Fsp3) is 0.188. The third-order valence-electron chi connectivity index (χ3n) is 3.26. The Morgan fingerprint density at radius 1 is 1.05 bits per heavy atom. The predicted molar refractivity (Wildman–Crippen MR) is 79.7 cm³/mol. The van der Waals surface area contributed by atoms with Crippen molar-refractivity contribution in [2.24, 2.45) is 0 Å². The molecule has 3 heteroatoms. The van der Waals surface area contributed by atoms with Gasteiger partial charge in [-0.2, -0.15) is 0 Å². The number of aryl methyl sites for hydroxylation is 3. The number of hydrogen-bond acceptors (Lipinski definition) is 1. The number of imidazole rings is 1. The maximum Gasteiger partial charge on any atom is 0.107 e. The van der Waals surface area contributed by atoms with Crippen molar-refractivity contribution in [2.45, 2.75) is 19.8 Å². The molecule has 0 aliphatic rings. The number of hydrogen-bond donors (Lipinski definition) is 1. The van der Waals surface area contributed by atoms with Gasteiger partial charge in [-0.3, -0.25) is 0 Å². The van der Waals surface area contributed by atoms with E-state index in [1.807, 2.05) is 18.2 Å². The van der Waals surface area contributed by atoms with Crippen molar-refractivity contribution in [2.75, 3.05) is 0 Å². The van der Waals surface area contributed by atoms with E-state index in [0.717, 1.165) is 34.7 Å². The number of aromatic nitrogens is 2. The average Bonchev–Trinajstić information content (AvgIpc) is 2.80. The number of nitrogens with zero attached hydrogens (tertiary/aromatic N) is 1. The summed E-state index contributed by atoms with van der Waals surface area (Å²) in [5, 5.41) is 0.737. The second-order valence-corrected chi connectivity index (χ2v) is 5.27. The van der Waals surface area contributed by atoms with Crippen LogP contribution in [0.5, 0.6) is 0 Å². The monoisotopic (exact) mass is 270 g/mol. The van der Waals surface area contributed by atoms with E-state index in [0.29, 0.717) is 0 Å². The molecule has 3 aromatic rings. The minimum absolute atomic E-state index is 0.737. The molecular formula is C16H15ClN2. The molecule has 0 fully saturated rings. The first-order valence-corrected chi connectivity index (χ1v) is 6.78. The van der Waals surface area contributed by atoms with Crippen molar-refractivity contribution < 1.29 is 0 Å². The van der Waals surface area contributed by atoms with Gasteiger partial charge in [-0.05, 0) is 37.1 Å². The molecule has 1 N–H and O–H groups in total. The van der Waals surface area contributed by atoms with E-state index >= 15 is 0 Å². The van der Waals surface area contributed by atoms with Crippen molar-refractivity contribution in [3.63, 3.8) is 0 Å². The summed E-state index contributed by atoms with van der Waals surface area (Å²) in [6, 6.07) is 14.4. The van der Waals surface area contributed by atoms with E-state index in [1.54, 1.807) is 0 Å². The number of aromatic amines is 1. The van der Waals surface area contributed by atoms with Gasteiger partial charge in [0, 0.05) is 11.4 Å². The molecule has 1 heterocycles. The Kier molecular flexibility index (Phi) is 3.26. The topological polar surface area (TPSA) is 28.7 Å². The Hall–Kier alpha value is -1.80. The summed E-state index contributed by atoms with van der Waals surface area (Å²) in [5.41, 5.74) is 4.61. The van der Waals surface area contributed by atoms with E-state index in [1.165, 1.54) is 11.1 Å². The highest BCUT2D eigenvalue weighted by Crippen LogP contribution is 2.18. The molecule has 1 aromatic heterocycles. The zero-order chi connectivity index (χ0) is 13.2. The van der Waals surface area contributed by atoms with E-state index in [2.05, 4.69) is 41.2 Å². The van der Waals surface area contributed by atoms with Crippen LogP contribution in [-0.2, 0) is 12.8 Å². The first kappa shape index (κ1) is 12.2. The van der Waals surface area contributed by atoms with Gasteiger partial charge in [0.2, 0.25) is 0 Å². The van der Waals surface area contributed by atoms with Crippen molar-refractivity contribution in [3.8, 4) is 0 Å². The van der Waals surface area contributed by atoms with Gasteiger partial charge in [0.1, 0.15) is 5.82 Å². The summed E-state index contributed by atoms with van der Waals surface area (Å²) in [6.45, 7) is 2.10. The lowest BCUT2D eigenvalue weighted by Crippen LogP contribution is -1.93. The molecule has 0 saturated heterocycles. The van der Waals surface area contributed by atoms with Crippen LogP contribution in [0.25, 0.3) is 11.0 Å². The maximum absolute atomic E-state index is 5.97. The number of benzene rings is 2. The lowest BCUT2D eigenvalue weighted by atomic mass is 10.1. The lowest BCUT2D eigenvalue weighted by molar-refractivity contribution is 0.889. The van der Waals surface area contributed by atoms with Crippen molar-refractivity contribution in [1.82, 2.24) is 9.97 Å². The fourth-order valence-electron chi connectivity index (χ4n) is 2.17. The molecule has 0 amide bonds. The first-order valence-electron chi connectivity index (χ1n) is 6.40. The summed E-state index contributed by atoms with van der Waals surface area (Å²) in [6.07, 6.45) is 1.91. The Labute approximate surface area is 117 Å². The van der Waals surface area contributed by atoms with Crippen molar-refractivity contribution in [3.05, 3.63) is 64.4 Å². The van der Waals surface area contributed by atoms with Crippen LogP contribution in [0.4, 0.5) is 0 Å². The second-order valence-electron chi connectivity index (χ2n) is 4.83. The third-order valence-corrected chi connectivity index (χ3v) is 3.50. The van der Waals surface area contributed by atoms with E-state index in [-0.39, 0.29) is 0 Å². The summed E-state index contributed by atoms with van der Waals surface area (Å²) >= 11 is 5.97. The maximum atomic E-state index is 5.97. The summed E-state index contributed by atoms with van der Waals surface area (Å²) < 4.78 is 0. The summed E-state index contributed by atoms with van der Waals surface area (Å²) in [5.74, 6) is 1.01. The highest BCUT2D eigenvalue weighted by Gasteiger charge is 2.03. The van der Waals surface area contributed by atoms with Gasteiger partial charge in [0.05, 0.1) is 11.0 Å². The standard InChI is InChI=1S/C16H15ClN2/c1-11-2-4-12(5-3-11)6-9-16-18-14-8-7-13(17)10-15(14)19-16/h2-5,7-8,10H,6,9H2,1H3,(H,18,19). The van der Waals surface area contributed by atoms with Crippen LogP contribution in [0.2, 0.25) is 5.02 Å². The molecule has 0 aliphatic heterocycles. The van der Waals surface area contributed by atoms with Gasteiger partial charge < -0.3 is 4.98 Å². The molecule has 2 nitrogen and oxygen atoms in total. The molecule has 96 valence electrons. The van der Waals surface area contributed by atoms with E-state index < -0.39 is 0 Å². The van der Waals surface area contributed by atoms with Crippen LogP contribution < -0.4 is 0 Å². The van der Waals surface area contributed by atoms with Crippen LogP contribution in [0.3, 0.4) is 0 Å². The predicted octanol–water partition coefficient (Wildman–Crippen LogP) is 4.31. The van der Waals surface area contributed by atoms with Crippen LogP contribution in [0.1, 0.15) is 17.0 Å². The Bertz CT molecular complexity index is 698. The van der Waals surface area contributed by atoms with Crippen LogP contribution in [0.15, 0.2) is 42.5 Å². The lowest BCUT2D eigenvalue weighted by Gasteiger charge is -1.99. The number of H-pyrrole nitrogens is 1. The Morgan fingerprint density at radius 3 is 2.63 bits per heavy atom. The molecule has 0 radical (unpaired) electrons. The Balaban J connectivity index is 1.76. The Morgan fingerprint density at radius 2 is 1.84 bits per heavy atom. The molecule has 0 spiro atoms. The number of fused-ring (bicyclic) bond motifs is 1. The van der Waals surface area contributed by atoms with Gasteiger partial charge in [-0.1, -0.05) is 41.4 Å². The number of nitrogens with one attached hydrogen (secondary N) is 1. The van der Waals surface area contributed by atoms with Gasteiger partial charge in [0.25, 0.3) is 0 Å². The molecule has 2 aromatic carbocycles. The number of rotatable bonds is 3. The highest BCUT2D eigenvalue weighted by atomic mass is 35.5. The molecule has 0 atom stereocenters. The fourth-order valence-corrected chi connectivity index (χ4v) is 2.34. The molecular weight excluding hydrogens is 256 g/mol. The van der Waals surface area contributed by atoms with E-state index in [9.17, 15) is 0 Å². The normalized spacial score (nSPS) is 11.1. The number of halogens is 1. The molecule has 0 aliphatic carbocycles. The third kappa shape index (κ3) is 2.79. The summed E-state index contributed by atoms with van der Waals surface area (Å²) in [7, 11) is 0. The molecule has 0 unspecified atom stereocenters. The SMILES string of the molecule is Cc1ccc(CCc2nc3ccc(Cl)cc3[nH]2)cc1. The summed E-state index contributed by atoms with van der Waals surface area (Å²) in [4.78, 5) is 7.89. The molecule has 0 saturated carbocycles. The molecule has 3 rings (SSSR count). The van der Waals surface area contributed by atoms with Crippen LogP contribution in [-0.4, -0.2) is 9.97 Å². The molecule has 19 heavy (non-hydrogen) atoms. The minimum atomic E-state index is 0.737. The van der Waals surface area contributed by atoms with Crippen molar-refractivity contribution >= 4 is 22.6 Å². The molecule has 0 bridgehead atoms. The average molecular weight is 271 g/mol. The van der Waals surface area contributed by atoms with Crippen LogP contribution >= 0.6 is 11.6 Å².